The summed E-state index contributed by atoms with van der Waals surface area (Å²) in [5.41, 5.74) is 1.13. The summed E-state index contributed by atoms with van der Waals surface area (Å²) < 4.78 is 25.7. The monoisotopic (exact) mass is 351 g/mol. The molecular weight excluding hydrogens is 334 g/mol. The van der Waals surface area contributed by atoms with Gasteiger partial charge in [-0.25, -0.2) is 8.42 Å². The molecule has 0 unspecified atom stereocenters. The van der Waals surface area contributed by atoms with Crippen LogP contribution in [0.4, 0.5) is 0 Å². The number of sulfone groups is 1. The largest absolute Gasteiger partial charge is 0.349 e. The zero-order valence-corrected chi connectivity index (χ0v) is 14.0. The van der Waals surface area contributed by atoms with Crippen LogP contribution < -0.4 is 5.32 Å². The Bertz CT molecular complexity index is 869. The van der Waals surface area contributed by atoms with Crippen molar-refractivity contribution in [1.29, 1.82) is 0 Å². The van der Waals surface area contributed by atoms with Crippen molar-refractivity contribution in [2.24, 2.45) is 0 Å². The maximum Gasteiger partial charge on any atom is 0.269 e. The molecule has 1 saturated heterocycles. The Kier molecular flexibility index (Phi) is 4.36. The first-order chi connectivity index (χ1) is 11.0. The average Bonchev–Trinajstić information content (AvgIpc) is 3.08. The van der Waals surface area contributed by atoms with Crippen molar-refractivity contribution < 1.29 is 13.2 Å². The molecule has 0 spiro atoms. The number of para-hydroxylation sites is 1. The second-order valence-corrected chi connectivity index (χ2v) is 8.28. The van der Waals surface area contributed by atoms with E-state index in [4.69, 9.17) is 12.2 Å². The number of rotatable bonds is 4. The number of hydrogen-bond acceptors (Lipinski definition) is 4. The number of carbonyl (C=O) groups excluding carboxylic acids is 1. The molecule has 1 amide bonds. The third-order valence-electron chi connectivity index (χ3n) is 3.98. The SMILES string of the molecule is O=C(NC[C@H]1CCCS1(=O)=O)c1c[nH]c(=S)n1-c1ccccc1. The van der Waals surface area contributed by atoms with E-state index in [1.807, 2.05) is 30.3 Å². The Balaban J connectivity index is 1.80. The molecule has 1 fully saturated rings. The molecule has 2 N–H and O–H groups in total. The van der Waals surface area contributed by atoms with Crippen LogP contribution in [0.25, 0.3) is 5.69 Å². The van der Waals surface area contributed by atoms with Gasteiger partial charge in [0.05, 0.1) is 11.0 Å². The highest BCUT2D eigenvalue weighted by Crippen LogP contribution is 2.19. The van der Waals surface area contributed by atoms with Gasteiger partial charge in [-0.2, -0.15) is 0 Å². The Morgan fingerprint density at radius 1 is 1.35 bits per heavy atom. The molecule has 0 bridgehead atoms. The Hall–Kier alpha value is -1.93. The molecule has 1 aliphatic rings. The van der Waals surface area contributed by atoms with E-state index < -0.39 is 15.1 Å². The molecule has 6 nitrogen and oxygen atoms in total. The summed E-state index contributed by atoms with van der Waals surface area (Å²) in [5.74, 6) is -0.138. The normalized spacial score (nSPS) is 19.6. The van der Waals surface area contributed by atoms with Gasteiger partial charge in [-0.1, -0.05) is 18.2 Å². The minimum Gasteiger partial charge on any atom is -0.349 e. The molecule has 1 aliphatic heterocycles. The number of imidazole rings is 1. The maximum absolute atomic E-state index is 12.4. The van der Waals surface area contributed by atoms with Gasteiger partial charge in [0, 0.05) is 18.4 Å². The summed E-state index contributed by atoms with van der Waals surface area (Å²) in [7, 11) is -3.07. The maximum atomic E-state index is 12.4. The van der Waals surface area contributed by atoms with Gasteiger partial charge in [-0.15, -0.1) is 0 Å². The topological polar surface area (TPSA) is 84.0 Å². The first kappa shape index (κ1) is 15.9. The van der Waals surface area contributed by atoms with Crippen LogP contribution >= 0.6 is 12.2 Å². The van der Waals surface area contributed by atoms with Gasteiger partial charge < -0.3 is 10.3 Å². The predicted octanol–water partition coefficient (Wildman–Crippen LogP) is 1.84. The van der Waals surface area contributed by atoms with Crippen molar-refractivity contribution in [3.8, 4) is 5.69 Å². The highest BCUT2D eigenvalue weighted by molar-refractivity contribution is 7.92. The van der Waals surface area contributed by atoms with E-state index in [1.54, 1.807) is 4.57 Å². The standard InChI is InChI=1S/C15H17N3O3S2/c19-14(16-9-12-7-4-8-23(12,20)21)13-10-17-15(22)18(13)11-5-2-1-3-6-11/h1-3,5-6,10,12H,4,7-9H2,(H,16,19)(H,17,22)/t12-/m1/s1. The minimum atomic E-state index is -3.07. The van der Waals surface area contributed by atoms with E-state index in [9.17, 15) is 13.2 Å². The highest BCUT2D eigenvalue weighted by Gasteiger charge is 2.31. The lowest BCUT2D eigenvalue weighted by atomic mass is 10.2. The molecule has 1 aromatic carbocycles. The van der Waals surface area contributed by atoms with Crippen LogP contribution in [0.15, 0.2) is 36.5 Å². The number of aromatic nitrogens is 2. The Morgan fingerprint density at radius 3 is 2.74 bits per heavy atom. The van der Waals surface area contributed by atoms with Crippen molar-refractivity contribution in [2.45, 2.75) is 18.1 Å². The number of hydrogen-bond donors (Lipinski definition) is 2. The first-order valence-electron chi connectivity index (χ1n) is 7.34. The number of carbonyl (C=O) groups is 1. The molecule has 8 heteroatoms. The summed E-state index contributed by atoms with van der Waals surface area (Å²) in [6.07, 6.45) is 2.79. The first-order valence-corrected chi connectivity index (χ1v) is 9.47. The molecule has 1 aromatic heterocycles. The van der Waals surface area contributed by atoms with Crippen LogP contribution in [0.3, 0.4) is 0 Å². The number of nitrogens with zero attached hydrogens (tertiary/aromatic N) is 1. The number of benzene rings is 1. The summed E-state index contributed by atoms with van der Waals surface area (Å²) in [4.78, 5) is 15.3. The molecule has 0 saturated carbocycles. The smallest absolute Gasteiger partial charge is 0.269 e. The Morgan fingerprint density at radius 2 is 2.09 bits per heavy atom. The number of amides is 1. The third-order valence-corrected chi connectivity index (χ3v) is 6.55. The minimum absolute atomic E-state index is 0.133. The fourth-order valence-electron chi connectivity index (χ4n) is 2.75. The molecule has 23 heavy (non-hydrogen) atoms. The molecule has 2 heterocycles. The lowest BCUT2D eigenvalue weighted by Gasteiger charge is -2.12. The van der Waals surface area contributed by atoms with E-state index in [-0.39, 0.29) is 18.2 Å². The van der Waals surface area contributed by atoms with Crippen LogP contribution in [0.5, 0.6) is 0 Å². The van der Waals surface area contributed by atoms with Gasteiger partial charge in [-0.05, 0) is 37.2 Å². The van der Waals surface area contributed by atoms with E-state index >= 15 is 0 Å². The predicted molar refractivity (Wildman–Crippen MR) is 90.1 cm³/mol. The van der Waals surface area contributed by atoms with Crippen molar-refractivity contribution in [2.75, 3.05) is 12.3 Å². The number of H-pyrrole nitrogens is 1. The van der Waals surface area contributed by atoms with Crippen molar-refractivity contribution in [1.82, 2.24) is 14.9 Å². The molecule has 1 atom stereocenters. The van der Waals surface area contributed by atoms with Gasteiger partial charge in [0.2, 0.25) is 0 Å². The zero-order chi connectivity index (χ0) is 16.4. The summed E-state index contributed by atoms with van der Waals surface area (Å²) in [6.45, 7) is 0.133. The quantitative estimate of drug-likeness (QED) is 0.823. The van der Waals surface area contributed by atoms with Gasteiger partial charge >= 0.3 is 0 Å². The average molecular weight is 351 g/mol. The zero-order valence-electron chi connectivity index (χ0n) is 12.4. The molecule has 3 rings (SSSR count). The summed E-state index contributed by atoms with van der Waals surface area (Å²) in [6, 6.07) is 9.29. The fourth-order valence-corrected chi connectivity index (χ4v) is 4.78. The van der Waals surface area contributed by atoms with Crippen LogP contribution in [-0.2, 0) is 9.84 Å². The van der Waals surface area contributed by atoms with Crippen molar-refractivity contribution in [3.63, 3.8) is 0 Å². The lowest BCUT2D eigenvalue weighted by Crippen LogP contribution is -2.35. The highest BCUT2D eigenvalue weighted by atomic mass is 32.2. The molecule has 122 valence electrons. The van der Waals surface area contributed by atoms with Gasteiger partial charge in [-0.3, -0.25) is 9.36 Å². The molecule has 2 aromatic rings. The van der Waals surface area contributed by atoms with Crippen LogP contribution in [-0.4, -0.2) is 41.4 Å². The molecule has 0 radical (unpaired) electrons. The second kappa shape index (κ2) is 6.29. The van der Waals surface area contributed by atoms with Crippen LogP contribution in [0.2, 0.25) is 0 Å². The number of aromatic amines is 1. The van der Waals surface area contributed by atoms with E-state index in [1.165, 1.54) is 6.20 Å². The summed E-state index contributed by atoms with van der Waals surface area (Å²) >= 11 is 5.23. The Labute approximate surface area is 139 Å². The van der Waals surface area contributed by atoms with Gasteiger partial charge in [0.1, 0.15) is 5.69 Å². The van der Waals surface area contributed by atoms with Gasteiger partial charge in [0.25, 0.3) is 5.91 Å². The number of nitrogens with one attached hydrogen (secondary N) is 2. The van der Waals surface area contributed by atoms with E-state index in [2.05, 4.69) is 10.3 Å². The second-order valence-electron chi connectivity index (χ2n) is 5.49. The van der Waals surface area contributed by atoms with Crippen molar-refractivity contribution in [3.05, 3.63) is 47.0 Å². The summed E-state index contributed by atoms with van der Waals surface area (Å²) in [5, 5.41) is 2.23. The van der Waals surface area contributed by atoms with E-state index in [0.717, 1.165) is 5.69 Å². The van der Waals surface area contributed by atoms with Crippen LogP contribution in [0.1, 0.15) is 23.3 Å². The van der Waals surface area contributed by atoms with Crippen molar-refractivity contribution >= 4 is 28.0 Å². The van der Waals surface area contributed by atoms with Gasteiger partial charge in [0.15, 0.2) is 14.6 Å². The van der Waals surface area contributed by atoms with Crippen LogP contribution in [0, 0.1) is 4.77 Å². The molecule has 0 aliphatic carbocycles. The van der Waals surface area contributed by atoms with E-state index in [0.29, 0.717) is 23.3 Å². The lowest BCUT2D eigenvalue weighted by molar-refractivity contribution is 0.0946. The third kappa shape index (κ3) is 3.23. The molecular formula is C15H17N3O3S2. The fraction of sp³-hybridized carbons (Fsp3) is 0.333.